The molecule has 2 heterocycles. The summed E-state index contributed by atoms with van der Waals surface area (Å²) in [5, 5.41) is 18.4. The van der Waals surface area contributed by atoms with Gasteiger partial charge in [0.05, 0.1) is 29.4 Å². The van der Waals surface area contributed by atoms with Gasteiger partial charge in [-0.25, -0.2) is 0 Å². The summed E-state index contributed by atoms with van der Waals surface area (Å²) in [5.74, 6) is -0.656. The number of rotatable bonds is 9. The topological polar surface area (TPSA) is 100 Å². The van der Waals surface area contributed by atoms with Crippen molar-refractivity contribution < 1.29 is 32.6 Å². The lowest BCUT2D eigenvalue weighted by atomic mass is 10.0. The number of hydrogen-bond donors (Lipinski definition) is 1. The van der Waals surface area contributed by atoms with E-state index in [0.29, 0.717) is 31.0 Å². The van der Waals surface area contributed by atoms with Crippen molar-refractivity contribution in [3.63, 3.8) is 0 Å². The average molecular weight is 668 g/mol. The Balaban J connectivity index is 0.00000552. The maximum atomic E-state index is 13.7. The molecule has 0 aliphatic carbocycles. The second kappa shape index (κ2) is 13.9. The van der Waals surface area contributed by atoms with Crippen LogP contribution in [0.25, 0.3) is 0 Å². The second-order valence-corrected chi connectivity index (χ2v) is 12.0. The first-order chi connectivity index (χ1) is 20.6. The number of carbonyl (C=O) groups is 2. The van der Waals surface area contributed by atoms with Crippen molar-refractivity contribution in [1.82, 2.24) is 9.80 Å². The number of carboxylic acids is 1. The van der Waals surface area contributed by atoms with Gasteiger partial charge in [-0.2, -0.15) is 18.4 Å². The highest BCUT2D eigenvalue weighted by Crippen LogP contribution is 2.40. The van der Waals surface area contributed by atoms with Crippen LogP contribution in [-0.4, -0.2) is 82.3 Å². The van der Waals surface area contributed by atoms with Crippen LogP contribution in [0.4, 0.5) is 24.5 Å². The van der Waals surface area contributed by atoms with Gasteiger partial charge in [0.2, 0.25) is 0 Å². The Morgan fingerprint density at radius 2 is 1.76 bits per heavy atom. The molecule has 0 saturated carbocycles. The number of halogens is 4. The molecule has 4 rings (SSSR count). The van der Waals surface area contributed by atoms with Gasteiger partial charge < -0.3 is 14.7 Å². The van der Waals surface area contributed by atoms with Crippen molar-refractivity contribution in [2.45, 2.75) is 64.8 Å². The fourth-order valence-electron chi connectivity index (χ4n) is 5.98. The molecule has 1 amide bonds. The van der Waals surface area contributed by atoms with Crippen LogP contribution in [0.15, 0.2) is 36.4 Å². The molecule has 2 aromatic carbocycles. The Bertz CT molecular complexity index is 1490. The summed E-state index contributed by atoms with van der Waals surface area (Å²) in [7, 11) is 0. The number of anilines is 2. The van der Waals surface area contributed by atoms with Crippen LogP contribution in [-0.2, 0) is 22.2 Å². The number of ether oxygens (including phenoxy) is 1. The van der Waals surface area contributed by atoms with Crippen molar-refractivity contribution in [2.75, 3.05) is 42.6 Å². The Kier molecular flexibility index (Phi) is 11.1. The zero-order valence-corrected chi connectivity index (χ0v) is 27.4. The van der Waals surface area contributed by atoms with E-state index in [-0.39, 0.29) is 41.8 Å². The van der Waals surface area contributed by atoms with Crippen molar-refractivity contribution in [1.29, 1.82) is 5.26 Å². The smallest absolute Gasteiger partial charge is 0.417 e. The number of nitrogens with zero attached hydrogens (tertiary/aromatic N) is 5. The van der Waals surface area contributed by atoms with E-state index in [1.54, 1.807) is 36.9 Å². The summed E-state index contributed by atoms with van der Waals surface area (Å²) in [6, 6.07) is 10.3. The number of nitriles is 1. The fourth-order valence-corrected chi connectivity index (χ4v) is 6.50. The normalized spacial score (nSPS) is 20.6. The summed E-state index contributed by atoms with van der Waals surface area (Å²) in [4.78, 5) is 31.7. The van der Waals surface area contributed by atoms with E-state index in [2.05, 4.69) is 4.90 Å². The molecule has 1 N–H and O–H groups in total. The average Bonchev–Trinajstić information content (AvgIpc) is 3.12. The van der Waals surface area contributed by atoms with Gasteiger partial charge in [-0.15, -0.1) is 12.4 Å². The molecule has 2 atom stereocenters. The molecule has 2 aliphatic heterocycles. The first-order valence-corrected chi connectivity index (χ1v) is 14.8. The number of amides is 1. The minimum atomic E-state index is -4.78. The molecule has 9 nitrogen and oxygen atoms in total. The number of carbonyl (C=O) groups excluding carboxylic acids is 1. The molecule has 0 unspecified atom stereocenters. The molecule has 2 aliphatic rings. The van der Waals surface area contributed by atoms with Crippen LogP contribution in [0, 0.1) is 11.3 Å². The molecule has 2 saturated heterocycles. The first kappa shape index (κ1) is 36.0. The molecular formula is C31H37ClF3N5O4S. The van der Waals surface area contributed by atoms with E-state index in [9.17, 15) is 27.9 Å². The minimum absolute atomic E-state index is 0. The molecule has 244 valence electrons. The monoisotopic (exact) mass is 667 g/mol. The Hall–Kier alpha value is -3.44. The van der Waals surface area contributed by atoms with Gasteiger partial charge in [0.25, 0.3) is 5.91 Å². The van der Waals surface area contributed by atoms with E-state index in [1.165, 1.54) is 6.07 Å². The summed E-state index contributed by atoms with van der Waals surface area (Å²) in [6.07, 6.45) is -4.16. The van der Waals surface area contributed by atoms with Crippen LogP contribution in [0.2, 0.25) is 0 Å². The number of benzene rings is 2. The lowest BCUT2D eigenvalue weighted by Crippen LogP contribution is -2.58. The molecule has 14 heteroatoms. The van der Waals surface area contributed by atoms with Gasteiger partial charge in [-0.05, 0) is 88.3 Å². The zero-order chi connectivity index (χ0) is 32.6. The van der Waals surface area contributed by atoms with Crippen molar-refractivity contribution in [3.8, 4) is 11.8 Å². The van der Waals surface area contributed by atoms with Crippen molar-refractivity contribution in [2.24, 2.45) is 0 Å². The molecule has 0 aromatic heterocycles. The fraction of sp³-hybridized carbons (Fsp3) is 0.484. The van der Waals surface area contributed by atoms with Crippen LogP contribution in [0.1, 0.15) is 51.3 Å². The predicted octanol–water partition coefficient (Wildman–Crippen LogP) is 5.34. The summed E-state index contributed by atoms with van der Waals surface area (Å²) in [6.45, 7) is 11.9. The SMILES string of the molecule is CCc1cc(N2C(=S)N(c3ccc(C#N)c(C(F)(F)F)c3)C(=O)C2(C)C)ccc1OCCN1C[C@@H](C)N(CC(=O)O)[C@@H](C)C1.Cl. The van der Waals surface area contributed by atoms with Gasteiger partial charge >= 0.3 is 12.1 Å². The minimum Gasteiger partial charge on any atom is -0.492 e. The van der Waals surface area contributed by atoms with Crippen molar-refractivity contribution in [3.05, 3.63) is 53.1 Å². The largest absolute Gasteiger partial charge is 0.492 e. The maximum absolute atomic E-state index is 13.7. The first-order valence-electron chi connectivity index (χ1n) is 14.4. The van der Waals surface area contributed by atoms with E-state index < -0.39 is 34.7 Å². The Morgan fingerprint density at radius 1 is 1.13 bits per heavy atom. The molecular weight excluding hydrogens is 631 g/mol. The van der Waals surface area contributed by atoms with E-state index in [1.807, 2.05) is 31.7 Å². The van der Waals surface area contributed by atoms with Crippen LogP contribution in [0.3, 0.4) is 0 Å². The third-order valence-corrected chi connectivity index (χ3v) is 8.56. The third kappa shape index (κ3) is 7.35. The summed E-state index contributed by atoms with van der Waals surface area (Å²) >= 11 is 5.67. The number of aryl methyl sites for hydroxylation is 1. The summed E-state index contributed by atoms with van der Waals surface area (Å²) in [5.41, 5.74) is -1.47. The van der Waals surface area contributed by atoms with E-state index >= 15 is 0 Å². The highest BCUT2D eigenvalue weighted by Gasteiger charge is 2.51. The number of hydrogen-bond acceptors (Lipinski definition) is 7. The molecule has 0 bridgehead atoms. The van der Waals surface area contributed by atoms with Gasteiger partial charge in [0.15, 0.2) is 5.11 Å². The van der Waals surface area contributed by atoms with Gasteiger partial charge in [-0.1, -0.05) is 6.92 Å². The number of carboxylic acid groups (broad SMARTS) is 1. The predicted molar refractivity (Wildman–Crippen MR) is 171 cm³/mol. The Morgan fingerprint density at radius 3 is 2.31 bits per heavy atom. The molecule has 0 spiro atoms. The van der Waals surface area contributed by atoms with Crippen molar-refractivity contribution >= 4 is 53.0 Å². The van der Waals surface area contributed by atoms with Gasteiger partial charge in [-0.3, -0.25) is 24.3 Å². The number of aliphatic carboxylic acids is 1. The van der Waals surface area contributed by atoms with Gasteiger partial charge in [0, 0.05) is 37.4 Å². The van der Waals surface area contributed by atoms with Crippen LogP contribution >= 0.6 is 24.6 Å². The third-order valence-electron chi connectivity index (χ3n) is 8.20. The lowest BCUT2D eigenvalue weighted by Gasteiger charge is -2.43. The highest BCUT2D eigenvalue weighted by molar-refractivity contribution is 7.81. The zero-order valence-electron chi connectivity index (χ0n) is 25.7. The number of piperazine rings is 1. The molecule has 2 aromatic rings. The van der Waals surface area contributed by atoms with E-state index in [0.717, 1.165) is 35.7 Å². The molecule has 2 fully saturated rings. The lowest BCUT2D eigenvalue weighted by molar-refractivity contribution is -0.140. The molecule has 0 radical (unpaired) electrons. The van der Waals surface area contributed by atoms with E-state index in [4.69, 9.17) is 22.2 Å². The maximum Gasteiger partial charge on any atom is 0.417 e. The molecule has 45 heavy (non-hydrogen) atoms. The van der Waals surface area contributed by atoms with Gasteiger partial charge in [0.1, 0.15) is 17.9 Å². The quantitative estimate of drug-likeness (QED) is 0.356. The summed E-state index contributed by atoms with van der Waals surface area (Å²) < 4.78 is 47.1. The van der Waals surface area contributed by atoms with Crippen LogP contribution in [0.5, 0.6) is 5.75 Å². The number of thiocarbonyl (C=S) groups is 1. The number of alkyl halides is 3. The van der Waals surface area contributed by atoms with Crippen LogP contribution < -0.4 is 14.5 Å². The second-order valence-electron chi connectivity index (χ2n) is 11.7. The highest BCUT2D eigenvalue weighted by atomic mass is 35.5. The Labute approximate surface area is 272 Å². The standard InChI is InChI=1S/C31H36F3N5O4S.ClH/c1-6-21-13-24(9-10-26(21)43-12-11-36-16-19(2)37(18-27(40)41)20(3)17-36)39-29(44)38(28(42)30(39,4)5)23-8-7-22(15-35)25(14-23)31(32,33)34;/h7-10,13-14,19-20H,6,11-12,16-18H2,1-5H3,(H,40,41);1H/t19-,20+;.